The molecule has 9 heteroatoms. The van der Waals surface area contributed by atoms with Gasteiger partial charge in [0.25, 0.3) is 5.91 Å². The lowest BCUT2D eigenvalue weighted by atomic mass is 10.1. The lowest BCUT2D eigenvalue weighted by Gasteiger charge is -2.15. The Hall–Kier alpha value is -3.17. The maximum atomic E-state index is 12.6. The number of aryl methyl sites for hydroxylation is 1. The molecule has 0 spiro atoms. The smallest absolute Gasteiger partial charge is 0.336 e. The van der Waals surface area contributed by atoms with Crippen molar-refractivity contribution in [3.8, 4) is 5.75 Å². The average molecular weight is 442 g/mol. The van der Waals surface area contributed by atoms with Crippen LogP contribution in [0.25, 0.3) is 11.0 Å². The fourth-order valence-corrected chi connectivity index (χ4v) is 5.05. The summed E-state index contributed by atoms with van der Waals surface area (Å²) in [4.78, 5) is 24.0. The standard InChI is InChI=1S/C22H22N2O6S/c1-15-12-22(26)30-20-13-17(6-9-19(15)20)29-14-21(25)23-16-4-7-18(8-5-16)31(27,28)24-10-2-3-11-24/h4-9,12-13H,2-3,10-11,14H2,1H3,(H,23,25). The molecule has 1 saturated heterocycles. The van der Waals surface area contributed by atoms with Crippen molar-refractivity contribution >= 4 is 32.6 Å². The van der Waals surface area contributed by atoms with Crippen LogP contribution in [0.3, 0.4) is 0 Å². The van der Waals surface area contributed by atoms with E-state index >= 15 is 0 Å². The largest absolute Gasteiger partial charge is 0.484 e. The number of rotatable bonds is 6. The van der Waals surface area contributed by atoms with Crippen LogP contribution < -0.4 is 15.7 Å². The highest BCUT2D eigenvalue weighted by molar-refractivity contribution is 7.89. The third-order valence-corrected chi connectivity index (χ3v) is 7.05. The van der Waals surface area contributed by atoms with Gasteiger partial charge in [-0.15, -0.1) is 0 Å². The highest BCUT2D eigenvalue weighted by Crippen LogP contribution is 2.23. The summed E-state index contributed by atoms with van der Waals surface area (Å²) < 4.78 is 37.3. The Morgan fingerprint density at radius 1 is 1.10 bits per heavy atom. The number of anilines is 1. The topological polar surface area (TPSA) is 106 Å². The minimum Gasteiger partial charge on any atom is -0.484 e. The molecule has 31 heavy (non-hydrogen) atoms. The number of fused-ring (bicyclic) bond motifs is 1. The second-order valence-electron chi connectivity index (χ2n) is 7.38. The summed E-state index contributed by atoms with van der Waals surface area (Å²) in [5.74, 6) is -0.00982. The Morgan fingerprint density at radius 2 is 1.81 bits per heavy atom. The van der Waals surface area contributed by atoms with Crippen molar-refractivity contribution in [2.75, 3.05) is 25.0 Å². The Morgan fingerprint density at radius 3 is 2.52 bits per heavy atom. The van der Waals surface area contributed by atoms with Gasteiger partial charge in [0.1, 0.15) is 11.3 Å². The predicted octanol–water partition coefficient (Wildman–Crippen LogP) is 2.90. The molecule has 0 unspecified atom stereocenters. The van der Waals surface area contributed by atoms with Crippen molar-refractivity contribution in [1.29, 1.82) is 0 Å². The number of sulfonamides is 1. The summed E-state index contributed by atoms with van der Waals surface area (Å²) >= 11 is 0. The van der Waals surface area contributed by atoms with Crippen molar-refractivity contribution in [1.82, 2.24) is 4.31 Å². The minimum atomic E-state index is -3.49. The van der Waals surface area contributed by atoms with Gasteiger partial charge in [0.2, 0.25) is 10.0 Å². The van der Waals surface area contributed by atoms with Crippen LogP contribution in [0, 0.1) is 6.92 Å². The van der Waals surface area contributed by atoms with E-state index in [1.807, 2.05) is 6.92 Å². The normalized spacial score (nSPS) is 14.6. The van der Waals surface area contributed by atoms with Gasteiger partial charge in [0, 0.05) is 36.3 Å². The van der Waals surface area contributed by atoms with Crippen LogP contribution in [0.5, 0.6) is 5.75 Å². The lowest BCUT2D eigenvalue weighted by molar-refractivity contribution is -0.118. The number of amides is 1. The predicted molar refractivity (Wildman–Crippen MR) is 116 cm³/mol. The van der Waals surface area contributed by atoms with Crippen molar-refractivity contribution in [2.24, 2.45) is 0 Å². The Bertz CT molecular complexity index is 1280. The van der Waals surface area contributed by atoms with Crippen molar-refractivity contribution in [3.63, 3.8) is 0 Å². The van der Waals surface area contributed by atoms with Gasteiger partial charge < -0.3 is 14.5 Å². The molecule has 1 N–H and O–H groups in total. The van der Waals surface area contributed by atoms with E-state index < -0.39 is 21.6 Å². The van der Waals surface area contributed by atoms with Crippen LogP contribution in [0.2, 0.25) is 0 Å². The first-order valence-electron chi connectivity index (χ1n) is 9.90. The zero-order chi connectivity index (χ0) is 22.0. The summed E-state index contributed by atoms with van der Waals surface area (Å²) in [6.07, 6.45) is 1.74. The number of ether oxygens (including phenoxy) is 1. The van der Waals surface area contributed by atoms with E-state index in [0.29, 0.717) is 30.1 Å². The molecule has 162 valence electrons. The molecule has 0 bridgehead atoms. The van der Waals surface area contributed by atoms with E-state index in [-0.39, 0.29) is 11.5 Å². The zero-order valence-corrected chi connectivity index (χ0v) is 17.8. The van der Waals surface area contributed by atoms with Crippen molar-refractivity contribution < 1.29 is 22.4 Å². The van der Waals surface area contributed by atoms with Gasteiger partial charge in [-0.25, -0.2) is 13.2 Å². The van der Waals surface area contributed by atoms with Crippen molar-refractivity contribution in [2.45, 2.75) is 24.7 Å². The molecule has 1 fully saturated rings. The second kappa shape index (κ2) is 8.52. The van der Waals surface area contributed by atoms with Gasteiger partial charge in [-0.3, -0.25) is 4.79 Å². The van der Waals surface area contributed by atoms with Gasteiger partial charge in [-0.2, -0.15) is 4.31 Å². The van der Waals surface area contributed by atoms with Crippen LogP contribution in [-0.4, -0.2) is 38.3 Å². The van der Waals surface area contributed by atoms with E-state index in [0.717, 1.165) is 23.8 Å². The molecule has 0 atom stereocenters. The monoisotopic (exact) mass is 442 g/mol. The molecule has 2 heterocycles. The summed E-state index contributed by atoms with van der Waals surface area (Å²) in [6, 6.07) is 12.5. The maximum Gasteiger partial charge on any atom is 0.336 e. The molecule has 0 saturated carbocycles. The van der Waals surface area contributed by atoms with Gasteiger partial charge in [0.15, 0.2) is 6.61 Å². The molecule has 1 aliphatic heterocycles. The third kappa shape index (κ3) is 4.62. The summed E-state index contributed by atoms with van der Waals surface area (Å²) in [6.45, 7) is 2.64. The van der Waals surface area contributed by atoms with Crippen molar-refractivity contribution in [3.05, 3.63) is 64.5 Å². The summed E-state index contributed by atoms with van der Waals surface area (Å²) in [5.41, 5.74) is 1.20. The lowest BCUT2D eigenvalue weighted by Crippen LogP contribution is -2.27. The van der Waals surface area contributed by atoms with E-state index in [1.54, 1.807) is 30.3 Å². The number of benzene rings is 2. The van der Waals surface area contributed by atoms with Gasteiger partial charge in [0.05, 0.1) is 4.90 Å². The molecule has 1 aliphatic rings. The molecule has 0 aliphatic carbocycles. The van der Waals surface area contributed by atoms with Crippen LogP contribution in [-0.2, 0) is 14.8 Å². The number of carbonyl (C=O) groups is 1. The summed E-state index contributed by atoms with van der Waals surface area (Å²) in [5, 5.41) is 3.46. The van der Waals surface area contributed by atoms with Crippen LogP contribution >= 0.6 is 0 Å². The number of hydrogen-bond donors (Lipinski definition) is 1. The highest BCUT2D eigenvalue weighted by atomic mass is 32.2. The quantitative estimate of drug-likeness (QED) is 0.589. The Labute approximate surface area is 179 Å². The SMILES string of the molecule is Cc1cc(=O)oc2cc(OCC(=O)Nc3ccc(S(=O)(=O)N4CCCC4)cc3)ccc12. The fraction of sp³-hybridized carbons (Fsp3) is 0.273. The molecule has 3 aromatic rings. The summed E-state index contributed by atoms with van der Waals surface area (Å²) in [7, 11) is -3.49. The third-order valence-electron chi connectivity index (χ3n) is 5.13. The molecular formula is C22H22N2O6S. The molecule has 1 amide bonds. The van der Waals surface area contributed by atoms with Crippen LogP contribution in [0.1, 0.15) is 18.4 Å². The fourth-order valence-electron chi connectivity index (χ4n) is 3.53. The van der Waals surface area contributed by atoms with Crippen LogP contribution in [0.4, 0.5) is 5.69 Å². The number of nitrogens with one attached hydrogen (secondary N) is 1. The van der Waals surface area contributed by atoms with Gasteiger partial charge >= 0.3 is 5.63 Å². The number of hydrogen-bond acceptors (Lipinski definition) is 6. The Kier molecular flexibility index (Phi) is 5.79. The highest BCUT2D eigenvalue weighted by Gasteiger charge is 2.26. The molecule has 0 radical (unpaired) electrons. The Balaban J connectivity index is 1.38. The average Bonchev–Trinajstić information content (AvgIpc) is 3.28. The van der Waals surface area contributed by atoms with Gasteiger partial charge in [-0.05, 0) is 61.7 Å². The first kappa shape index (κ1) is 21.1. The zero-order valence-electron chi connectivity index (χ0n) is 17.0. The molecular weight excluding hydrogens is 420 g/mol. The second-order valence-corrected chi connectivity index (χ2v) is 9.32. The van der Waals surface area contributed by atoms with E-state index in [4.69, 9.17) is 9.15 Å². The number of nitrogens with zero attached hydrogens (tertiary/aromatic N) is 1. The molecule has 2 aromatic carbocycles. The van der Waals surface area contributed by atoms with E-state index in [9.17, 15) is 18.0 Å². The molecule has 8 nitrogen and oxygen atoms in total. The molecule has 1 aromatic heterocycles. The van der Waals surface area contributed by atoms with Crippen LogP contribution in [0.15, 0.2) is 62.6 Å². The van der Waals surface area contributed by atoms with Gasteiger partial charge in [-0.1, -0.05) is 0 Å². The minimum absolute atomic E-state index is 0.205. The first-order chi connectivity index (χ1) is 14.8. The number of carbonyl (C=O) groups excluding carboxylic acids is 1. The van der Waals surface area contributed by atoms with E-state index in [2.05, 4.69) is 5.32 Å². The van der Waals surface area contributed by atoms with E-state index in [1.165, 1.54) is 22.5 Å². The maximum absolute atomic E-state index is 12.6. The first-order valence-corrected chi connectivity index (χ1v) is 11.3. The molecule has 4 rings (SSSR count).